The molecule has 2 aromatic carbocycles. The van der Waals surface area contributed by atoms with E-state index in [1.165, 1.54) is 19.1 Å². The minimum Gasteiger partial charge on any atom is -0.454 e. The maximum Gasteiger partial charge on any atom is 0.344 e. The highest BCUT2D eigenvalue weighted by molar-refractivity contribution is 6.05. The van der Waals surface area contributed by atoms with Gasteiger partial charge in [0, 0.05) is 11.6 Å². The van der Waals surface area contributed by atoms with Crippen molar-refractivity contribution in [3.8, 4) is 11.5 Å². The fourth-order valence-electron chi connectivity index (χ4n) is 2.42. The van der Waals surface area contributed by atoms with Crippen LogP contribution in [-0.4, -0.2) is 31.1 Å². The van der Waals surface area contributed by atoms with Gasteiger partial charge in [0.05, 0.1) is 5.69 Å². The summed E-state index contributed by atoms with van der Waals surface area (Å²) in [6, 6.07) is 5.70. The zero-order valence-electron chi connectivity index (χ0n) is 14.0. The SMILES string of the molecule is CC(=O)c1cc2c(cc1NC(=O)COC(=O)c1c(F)cccc1F)OCO2. The molecule has 0 aromatic heterocycles. The summed E-state index contributed by atoms with van der Waals surface area (Å²) < 4.78 is 42.1. The second kappa shape index (κ2) is 7.40. The summed E-state index contributed by atoms with van der Waals surface area (Å²) in [5.74, 6) is -3.97. The number of esters is 1. The van der Waals surface area contributed by atoms with Gasteiger partial charge in [0.25, 0.3) is 5.91 Å². The number of hydrogen-bond acceptors (Lipinski definition) is 6. The number of hydrogen-bond donors (Lipinski definition) is 1. The van der Waals surface area contributed by atoms with Gasteiger partial charge in [-0.25, -0.2) is 13.6 Å². The molecule has 0 aliphatic carbocycles. The summed E-state index contributed by atoms with van der Waals surface area (Å²) >= 11 is 0. The highest BCUT2D eigenvalue weighted by atomic mass is 19.1. The van der Waals surface area contributed by atoms with E-state index >= 15 is 0 Å². The zero-order chi connectivity index (χ0) is 19.6. The van der Waals surface area contributed by atoms with Gasteiger partial charge in [0.2, 0.25) is 6.79 Å². The number of ether oxygens (including phenoxy) is 3. The number of halogens is 2. The Morgan fingerprint density at radius 2 is 1.74 bits per heavy atom. The third-order valence-corrected chi connectivity index (χ3v) is 3.67. The lowest BCUT2D eigenvalue weighted by atomic mass is 10.1. The van der Waals surface area contributed by atoms with Crippen molar-refractivity contribution < 1.29 is 37.4 Å². The number of Topliss-reactive ketones (excluding diaryl/α,β-unsaturated/α-hetero) is 1. The molecule has 0 saturated heterocycles. The summed E-state index contributed by atoms with van der Waals surface area (Å²) in [5.41, 5.74) is -0.596. The Balaban J connectivity index is 1.70. The van der Waals surface area contributed by atoms with Gasteiger partial charge in [-0.05, 0) is 25.1 Å². The second-order valence-electron chi connectivity index (χ2n) is 5.53. The molecule has 0 atom stereocenters. The molecule has 1 N–H and O–H groups in total. The molecule has 0 spiro atoms. The summed E-state index contributed by atoms with van der Waals surface area (Å²) in [4.78, 5) is 35.6. The number of fused-ring (bicyclic) bond motifs is 1. The minimum absolute atomic E-state index is 0.0180. The monoisotopic (exact) mass is 377 g/mol. The van der Waals surface area contributed by atoms with Crippen molar-refractivity contribution >= 4 is 23.3 Å². The lowest BCUT2D eigenvalue weighted by molar-refractivity contribution is -0.119. The molecule has 0 unspecified atom stereocenters. The predicted octanol–water partition coefficient (Wildman–Crippen LogP) is 2.69. The molecule has 0 radical (unpaired) electrons. The van der Waals surface area contributed by atoms with Crippen molar-refractivity contribution in [1.29, 1.82) is 0 Å². The maximum absolute atomic E-state index is 13.5. The number of nitrogens with one attached hydrogen (secondary N) is 1. The summed E-state index contributed by atoms with van der Waals surface area (Å²) in [6.45, 7) is 0.475. The summed E-state index contributed by atoms with van der Waals surface area (Å²) in [7, 11) is 0. The van der Waals surface area contributed by atoms with Gasteiger partial charge in [-0.3, -0.25) is 9.59 Å². The Hall–Kier alpha value is -3.49. The van der Waals surface area contributed by atoms with E-state index in [-0.39, 0.29) is 23.8 Å². The van der Waals surface area contributed by atoms with E-state index in [0.717, 1.165) is 18.2 Å². The van der Waals surface area contributed by atoms with Crippen LogP contribution < -0.4 is 14.8 Å². The van der Waals surface area contributed by atoms with Gasteiger partial charge in [-0.2, -0.15) is 0 Å². The van der Waals surface area contributed by atoms with Crippen molar-refractivity contribution in [2.24, 2.45) is 0 Å². The topological polar surface area (TPSA) is 90.9 Å². The van der Waals surface area contributed by atoms with Crippen LogP contribution in [0.4, 0.5) is 14.5 Å². The van der Waals surface area contributed by atoms with Gasteiger partial charge in [-0.1, -0.05) is 6.07 Å². The molecular formula is C18H13F2NO6. The van der Waals surface area contributed by atoms with E-state index in [9.17, 15) is 23.2 Å². The predicted molar refractivity (Wildman–Crippen MR) is 87.8 cm³/mol. The molecule has 0 fully saturated rings. The number of carbonyl (C=O) groups is 3. The average Bonchev–Trinajstić information content (AvgIpc) is 3.06. The van der Waals surface area contributed by atoms with E-state index in [2.05, 4.69) is 10.1 Å². The summed E-state index contributed by atoms with van der Waals surface area (Å²) in [5, 5.41) is 2.40. The molecule has 140 valence electrons. The van der Waals surface area contributed by atoms with Gasteiger partial charge in [0.15, 0.2) is 23.9 Å². The Morgan fingerprint density at radius 1 is 1.11 bits per heavy atom. The molecule has 0 bridgehead atoms. The van der Waals surface area contributed by atoms with Crippen LogP contribution in [0.3, 0.4) is 0 Å². The lowest BCUT2D eigenvalue weighted by Gasteiger charge is -2.11. The first kappa shape index (κ1) is 18.3. The maximum atomic E-state index is 13.5. The number of benzene rings is 2. The van der Waals surface area contributed by atoms with Crippen LogP contribution in [0.15, 0.2) is 30.3 Å². The molecule has 1 heterocycles. The molecule has 2 aromatic rings. The van der Waals surface area contributed by atoms with Crippen LogP contribution in [0.5, 0.6) is 11.5 Å². The van der Waals surface area contributed by atoms with Gasteiger partial charge >= 0.3 is 5.97 Å². The summed E-state index contributed by atoms with van der Waals surface area (Å²) in [6.07, 6.45) is 0. The standard InChI is InChI=1S/C18H13F2NO6/c1-9(22)10-5-14-15(27-8-26-14)6-13(10)21-16(23)7-25-18(24)17-11(19)3-2-4-12(17)20/h2-6H,7-8H2,1H3,(H,21,23). The number of ketones is 1. The molecule has 0 saturated carbocycles. The zero-order valence-corrected chi connectivity index (χ0v) is 14.0. The Labute approximate surface area is 151 Å². The van der Waals surface area contributed by atoms with Crippen LogP contribution in [-0.2, 0) is 9.53 Å². The number of rotatable bonds is 5. The second-order valence-corrected chi connectivity index (χ2v) is 5.53. The fourth-order valence-corrected chi connectivity index (χ4v) is 2.42. The van der Waals surface area contributed by atoms with Crippen LogP contribution in [0.25, 0.3) is 0 Å². The van der Waals surface area contributed by atoms with Crippen molar-refractivity contribution in [2.45, 2.75) is 6.92 Å². The van der Waals surface area contributed by atoms with Crippen LogP contribution in [0, 0.1) is 11.6 Å². The Kier molecular flexibility index (Phi) is 5.02. The number of anilines is 1. The van der Waals surface area contributed by atoms with Crippen LogP contribution >= 0.6 is 0 Å². The highest BCUT2D eigenvalue weighted by Crippen LogP contribution is 2.37. The first-order chi connectivity index (χ1) is 12.9. The van der Waals surface area contributed by atoms with Gasteiger partial charge in [-0.15, -0.1) is 0 Å². The first-order valence-corrected chi connectivity index (χ1v) is 7.72. The fraction of sp³-hybridized carbons (Fsp3) is 0.167. The molecule has 1 amide bonds. The third-order valence-electron chi connectivity index (χ3n) is 3.67. The number of amides is 1. The van der Waals surface area contributed by atoms with Crippen molar-refractivity contribution in [2.75, 3.05) is 18.7 Å². The Bertz CT molecular complexity index is 923. The van der Waals surface area contributed by atoms with Crippen LogP contribution in [0.1, 0.15) is 27.6 Å². The molecular weight excluding hydrogens is 364 g/mol. The lowest BCUT2D eigenvalue weighted by Crippen LogP contribution is -2.22. The van der Waals surface area contributed by atoms with E-state index in [1.54, 1.807) is 0 Å². The number of carbonyl (C=O) groups excluding carboxylic acids is 3. The molecule has 1 aliphatic rings. The van der Waals surface area contributed by atoms with Gasteiger partial charge in [0.1, 0.15) is 17.2 Å². The average molecular weight is 377 g/mol. The highest BCUT2D eigenvalue weighted by Gasteiger charge is 2.22. The van der Waals surface area contributed by atoms with E-state index in [4.69, 9.17) is 9.47 Å². The molecule has 7 nitrogen and oxygen atoms in total. The third kappa shape index (κ3) is 3.86. The molecule has 9 heteroatoms. The Morgan fingerprint density at radius 3 is 2.37 bits per heavy atom. The van der Waals surface area contributed by atoms with Crippen molar-refractivity contribution in [3.05, 3.63) is 53.1 Å². The first-order valence-electron chi connectivity index (χ1n) is 7.72. The normalized spacial score (nSPS) is 11.8. The largest absolute Gasteiger partial charge is 0.454 e. The van der Waals surface area contributed by atoms with E-state index in [0.29, 0.717) is 11.5 Å². The molecule has 27 heavy (non-hydrogen) atoms. The smallest absolute Gasteiger partial charge is 0.344 e. The van der Waals surface area contributed by atoms with Gasteiger partial charge < -0.3 is 19.5 Å². The van der Waals surface area contributed by atoms with Crippen molar-refractivity contribution in [1.82, 2.24) is 0 Å². The quantitative estimate of drug-likeness (QED) is 0.636. The van der Waals surface area contributed by atoms with Crippen LogP contribution in [0.2, 0.25) is 0 Å². The minimum atomic E-state index is -1.32. The molecule has 3 rings (SSSR count). The van der Waals surface area contributed by atoms with Crippen molar-refractivity contribution in [3.63, 3.8) is 0 Å². The molecule has 1 aliphatic heterocycles. The van der Waals surface area contributed by atoms with E-state index in [1.807, 2.05) is 0 Å². The van der Waals surface area contributed by atoms with E-state index < -0.39 is 35.7 Å².